The summed E-state index contributed by atoms with van der Waals surface area (Å²) in [5.74, 6) is -1.51. The highest BCUT2D eigenvalue weighted by Crippen LogP contribution is 2.44. The number of para-hydroxylation sites is 1. The van der Waals surface area contributed by atoms with Crippen LogP contribution in [0.2, 0.25) is 0 Å². The van der Waals surface area contributed by atoms with Crippen molar-refractivity contribution >= 4 is 23.2 Å². The third-order valence-electron chi connectivity index (χ3n) is 7.93. The summed E-state index contributed by atoms with van der Waals surface area (Å²) in [7, 11) is 0. The molecule has 0 bridgehead atoms. The number of halogens is 1. The smallest absolute Gasteiger partial charge is 0.262 e. The molecule has 43 heavy (non-hydrogen) atoms. The second-order valence-corrected chi connectivity index (χ2v) is 11.9. The Morgan fingerprint density at radius 3 is 2.33 bits per heavy atom. The molecular weight excluding hydrogens is 543 g/mol. The molecule has 0 aliphatic carbocycles. The van der Waals surface area contributed by atoms with Crippen molar-refractivity contribution in [3.63, 3.8) is 0 Å². The highest BCUT2D eigenvalue weighted by Gasteiger charge is 2.43. The third kappa shape index (κ3) is 6.47. The Balaban J connectivity index is 1.62. The number of carbonyl (C=O) groups is 2. The van der Waals surface area contributed by atoms with Gasteiger partial charge in [-0.05, 0) is 105 Å². The molecule has 2 N–H and O–H groups in total. The highest BCUT2D eigenvalue weighted by atomic mass is 19.1. The van der Waals surface area contributed by atoms with E-state index in [1.807, 2.05) is 68.4 Å². The van der Waals surface area contributed by atoms with E-state index in [9.17, 15) is 14.7 Å². The van der Waals surface area contributed by atoms with E-state index in [4.69, 9.17) is 4.74 Å². The number of carbonyl (C=O) groups excluding carboxylic acids is 2. The summed E-state index contributed by atoms with van der Waals surface area (Å²) < 4.78 is 21.0. The standard InChI is InChI=1S/C36H37FN2O4/c1-22-13-16-27(19-24(22)3)38-34(40)29-20-26-10-6-7-12-31(26)39(35(41)32-23(2)9-8-11-30(32)37)33(29)25-14-17-28(18-15-25)43-21-36(4,5)42/h6-19,29,33,42H,20-21H2,1-5H3,(H,38,40)/t29-,33-/m0/s1. The molecule has 1 aliphatic rings. The first-order chi connectivity index (χ1) is 20.4. The summed E-state index contributed by atoms with van der Waals surface area (Å²) in [5, 5.41) is 13.2. The predicted molar refractivity (Wildman–Crippen MR) is 167 cm³/mol. The molecule has 0 unspecified atom stereocenters. The van der Waals surface area contributed by atoms with Gasteiger partial charge < -0.3 is 15.2 Å². The number of aryl methyl sites for hydroxylation is 3. The number of amides is 2. The molecule has 1 aliphatic heterocycles. The minimum Gasteiger partial charge on any atom is -0.491 e. The molecule has 0 saturated heterocycles. The maximum absolute atomic E-state index is 15.2. The molecule has 0 radical (unpaired) electrons. The van der Waals surface area contributed by atoms with E-state index in [0.717, 1.165) is 16.7 Å². The van der Waals surface area contributed by atoms with Crippen LogP contribution in [0.25, 0.3) is 0 Å². The van der Waals surface area contributed by atoms with Crippen molar-refractivity contribution in [3.8, 4) is 5.75 Å². The molecule has 4 aromatic carbocycles. The minimum absolute atomic E-state index is 0.0253. The minimum atomic E-state index is -1.01. The Morgan fingerprint density at radius 1 is 0.930 bits per heavy atom. The molecule has 0 aromatic heterocycles. The van der Waals surface area contributed by atoms with Crippen molar-refractivity contribution in [2.45, 2.75) is 52.7 Å². The van der Waals surface area contributed by atoms with Gasteiger partial charge in [-0.15, -0.1) is 0 Å². The molecule has 0 spiro atoms. The molecular formula is C36H37FN2O4. The lowest BCUT2D eigenvalue weighted by Gasteiger charge is -2.42. The number of fused-ring (bicyclic) bond motifs is 1. The Morgan fingerprint density at radius 2 is 1.65 bits per heavy atom. The van der Waals surface area contributed by atoms with Gasteiger partial charge in [0, 0.05) is 11.4 Å². The van der Waals surface area contributed by atoms with Crippen LogP contribution in [-0.2, 0) is 11.2 Å². The van der Waals surface area contributed by atoms with E-state index >= 15 is 4.39 Å². The van der Waals surface area contributed by atoms with Crippen molar-refractivity contribution in [2.75, 3.05) is 16.8 Å². The van der Waals surface area contributed by atoms with Crippen molar-refractivity contribution in [1.29, 1.82) is 0 Å². The van der Waals surface area contributed by atoms with Crippen molar-refractivity contribution < 1.29 is 23.8 Å². The lowest BCUT2D eigenvalue weighted by Crippen LogP contribution is -2.47. The molecule has 2 amide bonds. The first-order valence-corrected chi connectivity index (χ1v) is 14.4. The van der Waals surface area contributed by atoms with Crippen LogP contribution in [0.3, 0.4) is 0 Å². The van der Waals surface area contributed by atoms with Gasteiger partial charge in [-0.25, -0.2) is 4.39 Å². The van der Waals surface area contributed by atoms with Crippen molar-refractivity contribution in [1.82, 2.24) is 0 Å². The first-order valence-electron chi connectivity index (χ1n) is 14.4. The molecule has 1 heterocycles. The van der Waals surface area contributed by atoms with Crippen molar-refractivity contribution in [2.24, 2.45) is 5.92 Å². The SMILES string of the molecule is Cc1ccc(NC(=O)[C@H]2Cc3ccccc3N(C(=O)c3c(C)cccc3F)[C@H]2c2ccc(OCC(C)(C)O)cc2)cc1C. The molecule has 0 fully saturated rings. The molecule has 7 heteroatoms. The number of nitrogens with one attached hydrogen (secondary N) is 1. The second-order valence-electron chi connectivity index (χ2n) is 11.9. The molecule has 4 aromatic rings. The van der Waals surface area contributed by atoms with Crippen LogP contribution in [0.15, 0.2) is 84.9 Å². The number of rotatable bonds is 7. The van der Waals surface area contributed by atoms with Gasteiger partial charge >= 0.3 is 0 Å². The molecule has 0 saturated carbocycles. The van der Waals surface area contributed by atoms with Gasteiger partial charge in [-0.2, -0.15) is 0 Å². The van der Waals surface area contributed by atoms with Crippen molar-refractivity contribution in [3.05, 3.63) is 124 Å². The summed E-state index contributed by atoms with van der Waals surface area (Å²) in [4.78, 5) is 30.0. The number of nitrogens with zero attached hydrogens (tertiary/aromatic N) is 1. The van der Waals surface area contributed by atoms with E-state index < -0.39 is 29.3 Å². The molecule has 222 valence electrons. The van der Waals surface area contributed by atoms with Crippen LogP contribution in [0.1, 0.15) is 58.1 Å². The van der Waals surface area contributed by atoms with Gasteiger partial charge in [0.25, 0.3) is 5.91 Å². The quantitative estimate of drug-likeness (QED) is 0.244. The van der Waals surface area contributed by atoms with E-state index in [1.54, 1.807) is 49.9 Å². The summed E-state index contributed by atoms with van der Waals surface area (Å²) in [6, 6.07) is 24.2. The van der Waals surface area contributed by atoms with E-state index in [2.05, 4.69) is 5.32 Å². The Bertz CT molecular complexity index is 1640. The number of benzene rings is 4. The number of hydrogen-bond acceptors (Lipinski definition) is 4. The fraction of sp³-hybridized carbons (Fsp3) is 0.278. The van der Waals surface area contributed by atoms with Crippen LogP contribution < -0.4 is 15.0 Å². The molecule has 5 rings (SSSR count). The molecule has 6 nitrogen and oxygen atoms in total. The number of aliphatic hydroxyl groups is 1. The first kappa shape index (κ1) is 30.0. The molecule has 2 atom stereocenters. The Labute approximate surface area is 252 Å². The van der Waals surface area contributed by atoms with Crippen LogP contribution in [0.5, 0.6) is 5.75 Å². The predicted octanol–water partition coefficient (Wildman–Crippen LogP) is 7.10. The zero-order valence-corrected chi connectivity index (χ0v) is 25.1. The summed E-state index contributed by atoms with van der Waals surface area (Å²) in [6.45, 7) is 9.13. The lowest BCUT2D eigenvalue weighted by molar-refractivity contribution is -0.120. The van der Waals surface area contributed by atoms with Gasteiger partial charge in [0.15, 0.2) is 0 Å². The number of ether oxygens (including phenoxy) is 1. The topological polar surface area (TPSA) is 78.9 Å². The monoisotopic (exact) mass is 580 g/mol. The van der Waals surface area contributed by atoms with Gasteiger partial charge in [0.1, 0.15) is 18.2 Å². The fourth-order valence-corrected chi connectivity index (χ4v) is 5.55. The summed E-state index contributed by atoms with van der Waals surface area (Å²) in [5.41, 5.74) is 4.48. The van der Waals surface area contributed by atoms with Crippen LogP contribution in [-0.4, -0.2) is 29.1 Å². The van der Waals surface area contributed by atoms with Gasteiger partial charge in [-0.3, -0.25) is 14.5 Å². The third-order valence-corrected chi connectivity index (χ3v) is 7.93. The number of anilines is 2. The zero-order chi connectivity index (χ0) is 30.9. The fourth-order valence-electron chi connectivity index (χ4n) is 5.55. The highest BCUT2D eigenvalue weighted by molar-refractivity contribution is 6.09. The van der Waals surface area contributed by atoms with E-state index in [0.29, 0.717) is 34.7 Å². The average molecular weight is 581 g/mol. The van der Waals surface area contributed by atoms with E-state index in [1.165, 1.54) is 6.07 Å². The summed E-state index contributed by atoms with van der Waals surface area (Å²) in [6.07, 6.45) is 0.383. The number of hydrogen-bond donors (Lipinski definition) is 2. The van der Waals surface area contributed by atoms with Gasteiger partial charge in [-0.1, -0.05) is 48.5 Å². The second kappa shape index (κ2) is 12.0. The van der Waals surface area contributed by atoms with E-state index in [-0.39, 0.29) is 18.1 Å². The van der Waals surface area contributed by atoms with Crippen LogP contribution in [0.4, 0.5) is 15.8 Å². The largest absolute Gasteiger partial charge is 0.491 e. The lowest BCUT2D eigenvalue weighted by atomic mass is 9.80. The Kier molecular flexibility index (Phi) is 8.38. The summed E-state index contributed by atoms with van der Waals surface area (Å²) >= 11 is 0. The zero-order valence-electron chi connectivity index (χ0n) is 25.1. The van der Waals surface area contributed by atoms with Gasteiger partial charge in [0.05, 0.1) is 23.1 Å². The maximum Gasteiger partial charge on any atom is 0.262 e. The average Bonchev–Trinajstić information content (AvgIpc) is 2.96. The Hall–Kier alpha value is -4.49. The maximum atomic E-state index is 15.2. The van der Waals surface area contributed by atoms with Gasteiger partial charge in [0.2, 0.25) is 5.91 Å². The van der Waals surface area contributed by atoms with Crippen LogP contribution >= 0.6 is 0 Å². The normalized spacial score (nSPS) is 16.4. The van der Waals surface area contributed by atoms with Crippen LogP contribution in [0, 0.1) is 32.5 Å².